The average Bonchev–Trinajstić information content (AvgIpc) is 2.26. The Morgan fingerprint density at radius 3 is 2.81 bits per heavy atom. The highest BCUT2D eigenvalue weighted by Crippen LogP contribution is 2.02. The normalized spacial score (nSPS) is 13.0. The maximum absolute atomic E-state index is 4.16. The van der Waals surface area contributed by atoms with Crippen molar-refractivity contribution < 1.29 is 0 Å². The first-order valence-corrected chi connectivity index (χ1v) is 5.99. The molecule has 16 heavy (non-hydrogen) atoms. The van der Waals surface area contributed by atoms with Gasteiger partial charge in [-0.25, -0.2) is 0 Å². The minimum atomic E-state index is 0.513. The summed E-state index contributed by atoms with van der Waals surface area (Å²) in [5, 5.41) is 3.58. The van der Waals surface area contributed by atoms with E-state index in [0.29, 0.717) is 6.04 Å². The molecule has 0 fully saturated rings. The van der Waals surface area contributed by atoms with E-state index in [2.05, 4.69) is 42.3 Å². The number of pyridine rings is 1. The summed E-state index contributed by atoms with van der Waals surface area (Å²) in [6, 6.07) is 4.66. The first-order chi connectivity index (χ1) is 7.72. The van der Waals surface area contributed by atoms with E-state index >= 15 is 0 Å². The Bertz CT molecular complexity index is 272. The van der Waals surface area contributed by atoms with E-state index in [1.807, 2.05) is 18.5 Å². The van der Waals surface area contributed by atoms with Crippen LogP contribution in [0.4, 0.5) is 0 Å². The molecule has 0 radical (unpaired) electrons. The molecule has 1 aromatic rings. The van der Waals surface area contributed by atoms with E-state index in [1.165, 1.54) is 12.0 Å². The minimum absolute atomic E-state index is 0.513. The summed E-state index contributed by atoms with van der Waals surface area (Å²) < 4.78 is 0. The van der Waals surface area contributed by atoms with Gasteiger partial charge in [0.2, 0.25) is 0 Å². The lowest BCUT2D eigenvalue weighted by atomic mass is 10.1. The molecule has 0 bridgehead atoms. The van der Waals surface area contributed by atoms with Gasteiger partial charge in [-0.3, -0.25) is 4.98 Å². The highest BCUT2D eigenvalue weighted by atomic mass is 15.1. The molecule has 1 unspecified atom stereocenters. The second-order valence-electron chi connectivity index (χ2n) is 4.48. The highest BCUT2D eigenvalue weighted by molar-refractivity contribution is 5.10. The Labute approximate surface area is 98.9 Å². The number of nitrogens with one attached hydrogen (secondary N) is 1. The monoisotopic (exact) mass is 221 g/mol. The van der Waals surface area contributed by atoms with Gasteiger partial charge in [-0.15, -0.1) is 0 Å². The molecular weight excluding hydrogens is 198 g/mol. The zero-order valence-electron chi connectivity index (χ0n) is 10.6. The predicted octanol–water partition coefficient (Wildman–Crippen LogP) is 1.55. The summed E-state index contributed by atoms with van der Waals surface area (Å²) in [4.78, 5) is 6.38. The number of rotatable bonds is 7. The molecule has 0 aliphatic carbocycles. The maximum atomic E-state index is 4.16. The summed E-state index contributed by atoms with van der Waals surface area (Å²) in [7, 11) is 4.23. The third kappa shape index (κ3) is 5.24. The lowest BCUT2D eigenvalue weighted by Crippen LogP contribution is -2.40. The van der Waals surface area contributed by atoms with Gasteiger partial charge in [-0.1, -0.05) is 13.0 Å². The van der Waals surface area contributed by atoms with E-state index in [4.69, 9.17) is 0 Å². The number of hydrogen-bond acceptors (Lipinski definition) is 3. The molecule has 0 saturated carbocycles. The first-order valence-electron chi connectivity index (χ1n) is 5.99. The van der Waals surface area contributed by atoms with Crippen molar-refractivity contribution in [2.45, 2.75) is 25.8 Å². The van der Waals surface area contributed by atoms with Gasteiger partial charge in [-0.05, 0) is 45.1 Å². The lowest BCUT2D eigenvalue weighted by Gasteiger charge is -2.22. The zero-order chi connectivity index (χ0) is 11.8. The van der Waals surface area contributed by atoms with Crippen LogP contribution in [-0.4, -0.2) is 43.1 Å². The molecule has 0 spiro atoms. The fraction of sp³-hybridized carbons (Fsp3) is 0.615. The van der Waals surface area contributed by atoms with Gasteiger partial charge in [0.25, 0.3) is 0 Å². The molecule has 0 saturated heterocycles. The first kappa shape index (κ1) is 13.1. The SMILES string of the molecule is CCCNC(Cc1cccnc1)CN(C)C. The van der Waals surface area contributed by atoms with Gasteiger partial charge in [-0.2, -0.15) is 0 Å². The third-order valence-corrected chi connectivity index (χ3v) is 2.47. The lowest BCUT2D eigenvalue weighted by molar-refractivity contribution is 0.336. The van der Waals surface area contributed by atoms with Crippen molar-refractivity contribution in [1.29, 1.82) is 0 Å². The van der Waals surface area contributed by atoms with Gasteiger partial charge >= 0.3 is 0 Å². The quantitative estimate of drug-likeness (QED) is 0.757. The smallest absolute Gasteiger partial charge is 0.0300 e. The molecule has 1 atom stereocenters. The van der Waals surface area contributed by atoms with Gasteiger partial charge in [0, 0.05) is 25.0 Å². The summed E-state index contributed by atoms with van der Waals surface area (Å²) in [6.07, 6.45) is 6.00. The zero-order valence-corrected chi connectivity index (χ0v) is 10.6. The number of hydrogen-bond donors (Lipinski definition) is 1. The van der Waals surface area contributed by atoms with Crippen LogP contribution in [0.3, 0.4) is 0 Å². The number of nitrogens with zero attached hydrogens (tertiary/aromatic N) is 2. The molecule has 3 nitrogen and oxygen atoms in total. The number of aromatic nitrogens is 1. The van der Waals surface area contributed by atoms with Crippen LogP contribution in [-0.2, 0) is 6.42 Å². The second-order valence-corrected chi connectivity index (χ2v) is 4.48. The molecule has 1 rings (SSSR count). The molecule has 0 aromatic carbocycles. The molecular formula is C13H23N3. The highest BCUT2D eigenvalue weighted by Gasteiger charge is 2.09. The Morgan fingerprint density at radius 1 is 1.44 bits per heavy atom. The second kappa shape index (κ2) is 7.36. The van der Waals surface area contributed by atoms with E-state index in [9.17, 15) is 0 Å². The van der Waals surface area contributed by atoms with Crippen LogP contribution in [0.15, 0.2) is 24.5 Å². The Hall–Kier alpha value is -0.930. The van der Waals surface area contributed by atoms with Crippen LogP contribution in [0.5, 0.6) is 0 Å². The van der Waals surface area contributed by atoms with Crippen molar-refractivity contribution in [3.05, 3.63) is 30.1 Å². The summed E-state index contributed by atoms with van der Waals surface area (Å²) in [5.74, 6) is 0. The molecule has 90 valence electrons. The molecule has 1 heterocycles. The van der Waals surface area contributed by atoms with E-state index in [1.54, 1.807) is 0 Å². The molecule has 0 aliphatic rings. The fourth-order valence-electron chi connectivity index (χ4n) is 1.79. The van der Waals surface area contributed by atoms with Crippen molar-refractivity contribution in [1.82, 2.24) is 15.2 Å². The van der Waals surface area contributed by atoms with Crippen molar-refractivity contribution >= 4 is 0 Å². The Balaban J connectivity index is 2.49. The third-order valence-electron chi connectivity index (χ3n) is 2.47. The fourth-order valence-corrected chi connectivity index (χ4v) is 1.79. The van der Waals surface area contributed by atoms with Gasteiger partial charge in [0.1, 0.15) is 0 Å². The van der Waals surface area contributed by atoms with Crippen LogP contribution in [0, 0.1) is 0 Å². The molecule has 3 heteroatoms. The topological polar surface area (TPSA) is 28.2 Å². The van der Waals surface area contributed by atoms with Crippen molar-refractivity contribution in [3.63, 3.8) is 0 Å². The standard InChI is InChI=1S/C13H23N3/c1-4-7-15-13(11-16(2)3)9-12-6-5-8-14-10-12/h5-6,8,10,13,15H,4,7,9,11H2,1-3H3. The molecule has 1 N–H and O–H groups in total. The van der Waals surface area contributed by atoms with Crippen molar-refractivity contribution in [2.75, 3.05) is 27.2 Å². The largest absolute Gasteiger partial charge is 0.312 e. The van der Waals surface area contributed by atoms with E-state index in [0.717, 1.165) is 19.5 Å². The van der Waals surface area contributed by atoms with E-state index < -0.39 is 0 Å². The van der Waals surface area contributed by atoms with Crippen molar-refractivity contribution in [3.8, 4) is 0 Å². The summed E-state index contributed by atoms with van der Waals surface area (Å²) in [6.45, 7) is 4.34. The summed E-state index contributed by atoms with van der Waals surface area (Å²) in [5.41, 5.74) is 1.30. The number of likely N-dealkylation sites (N-methyl/N-ethyl adjacent to an activating group) is 1. The predicted molar refractivity (Wildman–Crippen MR) is 68.6 cm³/mol. The van der Waals surface area contributed by atoms with Crippen molar-refractivity contribution in [2.24, 2.45) is 0 Å². The minimum Gasteiger partial charge on any atom is -0.312 e. The van der Waals surface area contributed by atoms with Gasteiger partial charge in [0.15, 0.2) is 0 Å². The average molecular weight is 221 g/mol. The van der Waals surface area contributed by atoms with E-state index in [-0.39, 0.29) is 0 Å². The Morgan fingerprint density at radius 2 is 2.25 bits per heavy atom. The Kier molecular flexibility index (Phi) is 6.04. The molecule has 1 aromatic heterocycles. The van der Waals surface area contributed by atoms with Crippen LogP contribution < -0.4 is 5.32 Å². The van der Waals surface area contributed by atoms with Gasteiger partial charge < -0.3 is 10.2 Å². The van der Waals surface area contributed by atoms with Crippen LogP contribution >= 0.6 is 0 Å². The van der Waals surface area contributed by atoms with Crippen LogP contribution in [0.25, 0.3) is 0 Å². The van der Waals surface area contributed by atoms with Gasteiger partial charge in [0.05, 0.1) is 0 Å². The van der Waals surface area contributed by atoms with Crippen LogP contribution in [0.1, 0.15) is 18.9 Å². The summed E-state index contributed by atoms with van der Waals surface area (Å²) >= 11 is 0. The maximum Gasteiger partial charge on any atom is 0.0300 e. The molecule has 0 aliphatic heterocycles. The molecule has 0 amide bonds. The van der Waals surface area contributed by atoms with Crippen LogP contribution in [0.2, 0.25) is 0 Å².